The maximum absolute atomic E-state index is 11.8. The fraction of sp³-hybridized carbons (Fsp3) is 0.633. The molecule has 0 aromatic heterocycles. The molecule has 39 nitrogen and oxygen atoms in total. The minimum absolute atomic E-state index is 0. The molecule has 3 heterocycles. The zero-order valence-corrected chi connectivity index (χ0v) is 47.3. The third kappa shape index (κ3) is 46.8. The number of ether oxygens (including phenoxy) is 15. The number of cyclic esters (lactones) is 6. The van der Waals surface area contributed by atoms with Gasteiger partial charge in [0.25, 0.3) is 0 Å². The van der Waals surface area contributed by atoms with E-state index < -0.39 is 209 Å². The van der Waals surface area contributed by atoms with Crippen LogP contribution in [0.3, 0.4) is 0 Å². The monoisotopic (exact) mass is 1280 g/mol. The number of aliphatic carboxylic acids is 2. The maximum atomic E-state index is 11.8. The van der Waals surface area contributed by atoms with Crippen LogP contribution in [0.5, 0.6) is 0 Å². The predicted molar refractivity (Wildman–Crippen MR) is 270 cm³/mol. The molecule has 0 saturated carbocycles. The number of carboxylic acids is 2. The van der Waals surface area contributed by atoms with Crippen molar-refractivity contribution < 1.29 is 188 Å². The van der Waals surface area contributed by atoms with Gasteiger partial charge in [0.2, 0.25) is 0 Å². The van der Waals surface area contributed by atoms with Gasteiger partial charge in [-0.2, -0.15) is 0 Å². The van der Waals surface area contributed by atoms with Gasteiger partial charge in [-0.1, -0.05) is 7.43 Å². The molecule has 6 unspecified atom stereocenters. The zero-order valence-electron chi connectivity index (χ0n) is 47.3. The van der Waals surface area contributed by atoms with Gasteiger partial charge < -0.3 is 102 Å². The smallest absolute Gasteiger partial charge is 0.347 e. The lowest BCUT2D eigenvalue weighted by Crippen LogP contribution is -2.40. The molecule has 0 radical (unpaired) electrons. The first-order valence-electron chi connectivity index (χ1n) is 24.8. The topological polar surface area (TPSA) is 567 Å². The van der Waals surface area contributed by atoms with Crippen molar-refractivity contribution in [3.8, 4) is 0 Å². The Bertz CT molecular complexity index is 2170. The summed E-state index contributed by atoms with van der Waals surface area (Å²) in [5, 5.41) is 49.0. The van der Waals surface area contributed by atoms with Crippen LogP contribution >= 0.6 is 0 Å². The van der Waals surface area contributed by atoms with E-state index in [-0.39, 0.29) is 59.9 Å². The van der Waals surface area contributed by atoms with E-state index in [0.717, 1.165) is 13.8 Å². The molecule has 0 aromatic carbocycles. The van der Waals surface area contributed by atoms with E-state index >= 15 is 0 Å². The second-order valence-electron chi connectivity index (χ2n) is 15.9. The number of aliphatic hydroxyl groups excluding tert-OH is 4. The number of hydrogen-bond donors (Lipinski definition) is 6. The Kier molecular flexibility index (Phi) is 48.0. The summed E-state index contributed by atoms with van der Waals surface area (Å²) in [4.78, 5) is 195. The minimum atomic E-state index is -1.40. The molecular formula is C49H70O39. The Balaban J connectivity index is -0.000000563. The molecule has 39 heteroatoms. The molecule has 6 N–H and O–H groups in total. The van der Waals surface area contributed by atoms with E-state index in [0.29, 0.717) is 0 Å². The molecule has 6 atom stereocenters. The molecule has 0 aliphatic carbocycles. The van der Waals surface area contributed by atoms with Crippen LogP contribution < -0.4 is 0 Å². The summed E-state index contributed by atoms with van der Waals surface area (Å²) in [6.07, 6.45) is -8.03. The summed E-state index contributed by atoms with van der Waals surface area (Å²) in [6.45, 7) is 2.15. The minimum Gasteiger partial charge on any atom is -0.481 e. The molecule has 0 amide bonds. The van der Waals surface area contributed by atoms with Crippen molar-refractivity contribution in [2.45, 2.75) is 124 Å². The highest BCUT2D eigenvalue weighted by Crippen LogP contribution is 2.09. The number of carboxylic acid groups (broad SMARTS) is 2. The number of esters is 16. The Morgan fingerprint density at radius 1 is 0.420 bits per heavy atom. The second kappa shape index (κ2) is 49.7. The van der Waals surface area contributed by atoms with Gasteiger partial charge in [-0.05, 0) is 41.5 Å². The summed E-state index contributed by atoms with van der Waals surface area (Å²) >= 11 is 0. The molecule has 3 saturated heterocycles. The van der Waals surface area contributed by atoms with Crippen LogP contribution in [0.25, 0.3) is 0 Å². The normalized spacial score (nSPS) is 15.4. The summed E-state index contributed by atoms with van der Waals surface area (Å²) in [7, 11) is 0. The molecular weight excluding hydrogens is 1210 g/mol. The quantitative estimate of drug-likeness (QED) is 0.0194. The van der Waals surface area contributed by atoms with E-state index in [2.05, 4.69) is 61.6 Å². The van der Waals surface area contributed by atoms with Crippen LogP contribution in [0.4, 0.5) is 0 Å². The van der Waals surface area contributed by atoms with Gasteiger partial charge in [-0.3, -0.25) is 28.8 Å². The number of carbonyl (C=O) groups is 18. The van der Waals surface area contributed by atoms with E-state index in [9.17, 15) is 86.3 Å². The summed E-state index contributed by atoms with van der Waals surface area (Å²) < 4.78 is 67.9. The van der Waals surface area contributed by atoms with Crippen molar-refractivity contribution >= 4 is 107 Å². The second-order valence-corrected chi connectivity index (χ2v) is 15.9. The molecule has 0 bridgehead atoms. The standard InChI is InChI=1S/C20H26O16.C12H18O10.C6H8O4.C4H4O4.C4H4O3.C2H6O2.CH4/c1-11(35-17(27)9-33-15(25)5-3-13(21)22)19(29)31-7-8-32-20(30)12(2)36-18(28)10-34-16(26)6-4-14(23)24;1-7(21-9(15)5-13)11(17)19-3-4-20-12(18)8(2)22-10(16)6-14;1-3-5(7)10-4(2)6(8)9-3;5-3-1-7-4(6)2-8-3;5-3-1-2-4(6)7-3;3-1-2-4;/h11-12H,3-10H2,1-2H3,(H,21,22)(H,23,24);7-8,13-14H,3-6H2,1-2H3;3-4H,1-2H3;1-2H2;1-2H2;3-4H,1-2H2;1H4. The molecule has 0 aromatic rings. The summed E-state index contributed by atoms with van der Waals surface area (Å²) in [6, 6.07) is 0. The largest absolute Gasteiger partial charge is 0.481 e. The van der Waals surface area contributed by atoms with Gasteiger partial charge in [-0.25, -0.2) is 57.5 Å². The molecule has 3 rings (SSSR count). The Hall–Kier alpha value is -9.50. The third-order valence-electron chi connectivity index (χ3n) is 8.56. The van der Waals surface area contributed by atoms with Crippen LogP contribution in [0.2, 0.25) is 0 Å². The first-order chi connectivity index (χ1) is 40.7. The molecule has 3 aliphatic rings. The van der Waals surface area contributed by atoms with E-state index in [1.165, 1.54) is 27.7 Å². The molecule has 3 aliphatic heterocycles. The Labute approximate surface area is 498 Å². The SMILES string of the molecule is C.CC(OC(=O)CO)C(=O)OCCOC(=O)C(C)OC(=O)CO.CC(OC(=O)COC(=O)CCC(=O)O)C(=O)OCCOC(=O)C(C)OC(=O)COC(=O)CCC(=O)O.CC1OC(=O)C(C)OC1=O.O=C1CCC(=O)O1.O=C1COC(=O)CO1.OCCO. The molecule has 88 heavy (non-hydrogen) atoms. The van der Waals surface area contributed by atoms with Gasteiger partial charge in [0.15, 0.2) is 63.1 Å². The first-order valence-corrected chi connectivity index (χ1v) is 24.8. The Morgan fingerprint density at radius 3 is 0.909 bits per heavy atom. The van der Waals surface area contributed by atoms with E-state index in [1.54, 1.807) is 0 Å². The van der Waals surface area contributed by atoms with Gasteiger partial charge in [0, 0.05) is 0 Å². The lowest BCUT2D eigenvalue weighted by atomic mass is 10.3. The predicted octanol–water partition coefficient (Wildman–Crippen LogP) is -4.92. The fourth-order valence-corrected chi connectivity index (χ4v) is 4.43. The van der Waals surface area contributed by atoms with Gasteiger partial charge in [0.05, 0.1) is 51.7 Å². The summed E-state index contributed by atoms with van der Waals surface area (Å²) in [5.74, 6) is -14.9. The van der Waals surface area contributed by atoms with E-state index in [4.69, 9.17) is 40.1 Å². The lowest BCUT2D eigenvalue weighted by molar-refractivity contribution is -0.191. The van der Waals surface area contributed by atoms with Gasteiger partial charge >= 0.3 is 107 Å². The van der Waals surface area contributed by atoms with Gasteiger partial charge in [0.1, 0.15) is 39.6 Å². The van der Waals surface area contributed by atoms with Crippen molar-refractivity contribution in [3.63, 3.8) is 0 Å². The van der Waals surface area contributed by atoms with Crippen molar-refractivity contribution in [1.82, 2.24) is 0 Å². The molecule has 500 valence electrons. The van der Waals surface area contributed by atoms with Crippen LogP contribution in [-0.2, 0) is 157 Å². The third-order valence-corrected chi connectivity index (χ3v) is 8.56. The molecule has 0 spiro atoms. The van der Waals surface area contributed by atoms with Crippen LogP contribution in [0.1, 0.15) is 87.5 Å². The Morgan fingerprint density at radius 2 is 0.693 bits per heavy atom. The van der Waals surface area contributed by atoms with Crippen molar-refractivity contribution in [3.05, 3.63) is 0 Å². The lowest BCUT2D eigenvalue weighted by Gasteiger charge is -2.22. The zero-order chi connectivity index (χ0) is 67.2. The number of carbonyl (C=O) groups excluding carboxylic acids is 16. The number of rotatable bonds is 27. The fourth-order valence-electron chi connectivity index (χ4n) is 4.43. The van der Waals surface area contributed by atoms with Crippen molar-refractivity contribution in [2.75, 3.05) is 79.3 Å². The van der Waals surface area contributed by atoms with Crippen LogP contribution in [-0.4, -0.2) is 254 Å². The maximum Gasteiger partial charge on any atom is 0.347 e. The van der Waals surface area contributed by atoms with Crippen molar-refractivity contribution in [1.29, 1.82) is 0 Å². The van der Waals surface area contributed by atoms with Crippen LogP contribution in [0.15, 0.2) is 0 Å². The number of aliphatic hydroxyl groups is 4. The average molecular weight is 1280 g/mol. The van der Waals surface area contributed by atoms with Gasteiger partial charge in [-0.15, -0.1) is 0 Å². The van der Waals surface area contributed by atoms with Crippen LogP contribution in [0, 0.1) is 0 Å². The highest BCUT2D eigenvalue weighted by molar-refractivity contribution is 5.92. The number of hydrogen-bond acceptors (Lipinski definition) is 37. The average Bonchev–Trinajstić information content (AvgIpc) is 4.05. The van der Waals surface area contributed by atoms with Crippen molar-refractivity contribution in [2.24, 2.45) is 0 Å². The highest BCUT2D eigenvalue weighted by Gasteiger charge is 2.32. The summed E-state index contributed by atoms with van der Waals surface area (Å²) in [5.41, 5.74) is 0. The molecule has 3 fully saturated rings. The van der Waals surface area contributed by atoms with E-state index in [1.807, 2.05) is 0 Å². The first kappa shape index (κ1) is 84.9. The highest BCUT2D eigenvalue weighted by atomic mass is 16.7.